The van der Waals surface area contributed by atoms with E-state index < -0.39 is 0 Å². The van der Waals surface area contributed by atoms with E-state index in [-0.39, 0.29) is 30.0 Å². The maximum Gasteiger partial charge on any atom is 0.191 e. The Bertz CT molecular complexity index is 826. The van der Waals surface area contributed by atoms with Crippen LogP contribution in [0.3, 0.4) is 0 Å². The molecule has 1 unspecified atom stereocenters. The second kappa shape index (κ2) is 14.3. The standard InChI is InChI=1S/C24H34N4O3.HI/c1-25-24(26-16-20-6-4-5-7-21(20)18-29-2)27-17-23(28-12-14-31-15-13-28)19-8-10-22(30-3)11-9-19;/h4-11,23H,12-18H2,1-3H3,(H2,25,26,27);1H. The molecule has 1 saturated heterocycles. The normalized spacial score (nSPS) is 15.5. The summed E-state index contributed by atoms with van der Waals surface area (Å²) in [7, 11) is 5.21. The predicted molar refractivity (Wildman–Crippen MR) is 139 cm³/mol. The van der Waals surface area contributed by atoms with Gasteiger partial charge in [0.25, 0.3) is 0 Å². The van der Waals surface area contributed by atoms with Gasteiger partial charge >= 0.3 is 0 Å². The first-order chi connectivity index (χ1) is 15.2. The summed E-state index contributed by atoms with van der Waals surface area (Å²) in [5, 5.41) is 6.94. The highest BCUT2D eigenvalue weighted by Gasteiger charge is 2.23. The van der Waals surface area contributed by atoms with Gasteiger partial charge in [0.05, 0.1) is 33.0 Å². The lowest BCUT2D eigenvalue weighted by Crippen LogP contribution is -2.46. The number of methoxy groups -OCH3 is 2. The fourth-order valence-corrected chi connectivity index (χ4v) is 3.79. The summed E-state index contributed by atoms with van der Waals surface area (Å²) in [4.78, 5) is 6.87. The number of hydrogen-bond acceptors (Lipinski definition) is 5. The zero-order valence-electron chi connectivity index (χ0n) is 19.2. The van der Waals surface area contributed by atoms with Gasteiger partial charge in [-0.3, -0.25) is 9.89 Å². The molecule has 8 heteroatoms. The maximum atomic E-state index is 5.56. The van der Waals surface area contributed by atoms with Gasteiger partial charge in [0.2, 0.25) is 0 Å². The van der Waals surface area contributed by atoms with Crippen LogP contribution in [0.2, 0.25) is 0 Å². The fraction of sp³-hybridized carbons (Fsp3) is 0.458. The molecule has 0 spiro atoms. The van der Waals surface area contributed by atoms with Crippen LogP contribution in [0.1, 0.15) is 22.7 Å². The van der Waals surface area contributed by atoms with E-state index in [9.17, 15) is 0 Å². The highest BCUT2D eigenvalue weighted by atomic mass is 127. The van der Waals surface area contributed by atoms with Gasteiger partial charge in [-0.05, 0) is 28.8 Å². The van der Waals surface area contributed by atoms with Crippen LogP contribution in [0.15, 0.2) is 53.5 Å². The van der Waals surface area contributed by atoms with Gasteiger partial charge in [-0.15, -0.1) is 24.0 Å². The van der Waals surface area contributed by atoms with Crippen LogP contribution in [0.5, 0.6) is 5.75 Å². The average molecular weight is 554 g/mol. The number of benzene rings is 2. The summed E-state index contributed by atoms with van der Waals surface area (Å²) >= 11 is 0. The molecule has 1 atom stereocenters. The van der Waals surface area contributed by atoms with E-state index in [1.807, 2.05) is 24.3 Å². The third kappa shape index (κ3) is 7.61. The molecule has 176 valence electrons. The van der Waals surface area contributed by atoms with Crippen LogP contribution in [-0.4, -0.2) is 65.0 Å². The lowest BCUT2D eigenvalue weighted by molar-refractivity contribution is 0.0170. The number of halogens is 1. The Kier molecular flexibility index (Phi) is 11.8. The molecule has 3 rings (SSSR count). The van der Waals surface area contributed by atoms with Crippen LogP contribution in [0.4, 0.5) is 0 Å². The van der Waals surface area contributed by atoms with Crippen molar-refractivity contribution in [3.8, 4) is 5.75 Å². The van der Waals surface area contributed by atoms with E-state index in [0.717, 1.165) is 44.6 Å². The number of aliphatic imine (C=N–C) groups is 1. The molecule has 0 amide bonds. The van der Waals surface area contributed by atoms with E-state index in [1.165, 1.54) is 16.7 Å². The number of rotatable bonds is 9. The van der Waals surface area contributed by atoms with Crippen molar-refractivity contribution in [1.82, 2.24) is 15.5 Å². The summed E-state index contributed by atoms with van der Waals surface area (Å²) in [6.45, 7) is 5.37. The van der Waals surface area contributed by atoms with Crippen molar-refractivity contribution in [3.63, 3.8) is 0 Å². The van der Waals surface area contributed by atoms with Gasteiger partial charge < -0.3 is 24.8 Å². The van der Waals surface area contributed by atoms with Gasteiger partial charge in [0.15, 0.2) is 5.96 Å². The molecule has 0 aromatic heterocycles. The Labute approximate surface area is 208 Å². The lowest BCUT2D eigenvalue weighted by Gasteiger charge is -2.35. The van der Waals surface area contributed by atoms with E-state index >= 15 is 0 Å². The van der Waals surface area contributed by atoms with Crippen LogP contribution in [0.25, 0.3) is 0 Å². The number of ether oxygens (including phenoxy) is 3. The molecule has 0 aliphatic carbocycles. The maximum absolute atomic E-state index is 5.56. The van der Waals surface area contributed by atoms with Crippen LogP contribution in [0, 0.1) is 0 Å². The molecule has 1 aliphatic rings. The highest BCUT2D eigenvalue weighted by Crippen LogP contribution is 2.23. The van der Waals surface area contributed by atoms with Crippen LogP contribution >= 0.6 is 24.0 Å². The Balaban J connectivity index is 0.00000363. The molecule has 1 aliphatic heterocycles. The monoisotopic (exact) mass is 554 g/mol. The number of hydrogen-bond donors (Lipinski definition) is 2. The molecule has 32 heavy (non-hydrogen) atoms. The minimum absolute atomic E-state index is 0. The molecule has 2 N–H and O–H groups in total. The first kappa shape index (κ1) is 26.4. The van der Waals surface area contributed by atoms with Crippen molar-refractivity contribution in [2.45, 2.75) is 19.2 Å². The van der Waals surface area contributed by atoms with Crippen LogP contribution in [-0.2, 0) is 22.6 Å². The molecule has 2 aromatic carbocycles. The third-order valence-corrected chi connectivity index (χ3v) is 5.54. The van der Waals surface area contributed by atoms with E-state index in [2.05, 4.69) is 44.8 Å². The molecule has 0 saturated carbocycles. The topological polar surface area (TPSA) is 67.4 Å². The van der Waals surface area contributed by atoms with E-state index in [4.69, 9.17) is 14.2 Å². The molecule has 0 bridgehead atoms. The number of guanidine groups is 1. The first-order valence-corrected chi connectivity index (χ1v) is 10.7. The predicted octanol–water partition coefficient (Wildman–Crippen LogP) is 3.20. The molecule has 2 aromatic rings. The molecule has 0 radical (unpaired) electrons. The fourth-order valence-electron chi connectivity index (χ4n) is 3.79. The van der Waals surface area contributed by atoms with Gasteiger partial charge in [0, 0.05) is 40.3 Å². The van der Waals surface area contributed by atoms with E-state index in [0.29, 0.717) is 13.2 Å². The van der Waals surface area contributed by atoms with Crippen molar-refractivity contribution in [2.24, 2.45) is 4.99 Å². The summed E-state index contributed by atoms with van der Waals surface area (Å²) in [5.74, 6) is 1.64. The van der Waals surface area contributed by atoms with E-state index in [1.54, 1.807) is 21.3 Å². The molecular formula is C24H35IN4O3. The summed E-state index contributed by atoms with van der Waals surface area (Å²) < 4.78 is 16.2. The third-order valence-electron chi connectivity index (χ3n) is 5.54. The largest absolute Gasteiger partial charge is 0.497 e. The second-order valence-corrected chi connectivity index (χ2v) is 7.45. The highest BCUT2D eigenvalue weighted by molar-refractivity contribution is 14.0. The lowest BCUT2D eigenvalue weighted by atomic mass is 10.0. The van der Waals surface area contributed by atoms with Crippen molar-refractivity contribution in [3.05, 3.63) is 65.2 Å². The summed E-state index contributed by atoms with van der Waals surface area (Å²) in [5.41, 5.74) is 3.63. The minimum Gasteiger partial charge on any atom is -0.497 e. The Hall–Kier alpha value is -1.88. The zero-order valence-corrected chi connectivity index (χ0v) is 21.5. The van der Waals surface area contributed by atoms with Crippen molar-refractivity contribution in [1.29, 1.82) is 0 Å². The number of morpholine rings is 1. The SMILES string of the molecule is CN=C(NCc1ccccc1COC)NCC(c1ccc(OC)cc1)N1CCOCC1.I. The molecule has 1 heterocycles. The van der Waals surface area contributed by atoms with Gasteiger partial charge in [-0.2, -0.15) is 0 Å². The number of nitrogens with zero attached hydrogens (tertiary/aromatic N) is 2. The quantitative estimate of drug-likeness (QED) is 0.282. The molecule has 7 nitrogen and oxygen atoms in total. The van der Waals surface area contributed by atoms with Gasteiger partial charge in [-0.1, -0.05) is 36.4 Å². The summed E-state index contributed by atoms with van der Waals surface area (Å²) in [6, 6.07) is 16.8. The van der Waals surface area contributed by atoms with Crippen molar-refractivity contribution >= 4 is 29.9 Å². The van der Waals surface area contributed by atoms with Gasteiger partial charge in [0.1, 0.15) is 5.75 Å². The Morgan fingerprint density at radius 2 is 1.72 bits per heavy atom. The zero-order chi connectivity index (χ0) is 21.9. The minimum atomic E-state index is 0. The van der Waals surface area contributed by atoms with Gasteiger partial charge in [-0.25, -0.2) is 0 Å². The van der Waals surface area contributed by atoms with Crippen molar-refractivity contribution < 1.29 is 14.2 Å². The molecular weight excluding hydrogens is 519 g/mol. The first-order valence-electron chi connectivity index (χ1n) is 10.7. The second-order valence-electron chi connectivity index (χ2n) is 7.45. The average Bonchev–Trinajstić information content (AvgIpc) is 2.83. The van der Waals surface area contributed by atoms with Crippen LogP contribution < -0.4 is 15.4 Å². The summed E-state index contributed by atoms with van der Waals surface area (Å²) in [6.07, 6.45) is 0. The molecule has 1 fully saturated rings. The Morgan fingerprint density at radius 1 is 1.03 bits per heavy atom. The smallest absolute Gasteiger partial charge is 0.191 e. The Morgan fingerprint density at radius 3 is 2.34 bits per heavy atom. The van der Waals surface area contributed by atoms with Crippen molar-refractivity contribution in [2.75, 3.05) is 54.1 Å². The number of nitrogens with one attached hydrogen (secondary N) is 2.